The number of hydrogen-bond acceptors (Lipinski definition) is 6. The van der Waals surface area contributed by atoms with Gasteiger partial charge in [0.2, 0.25) is 0 Å². The van der Waals surface area contributed by atoms with Crippen molar-refractivity contribution in [1.29, 1.82) is 0 Å². The SMILES string of the molecule is C=C(/C=C(/C)NCCC)NC1=NC(C2COc3ccccc3O2)N(C)C(CC)=C1.CC. The van der Waals surface area contributed by atoms with Crippen molar-refractivity contribution in [2.24, 2.45) is 4.99 Å². The van der Waals surface area contributed by atoms with E-state index in [1.54, 1.807) is 0 Å². The summed E-state index contributed by atoms with van der Waals surface area (Å²) in [5.74, 6) is 2.33. The number of nitrogens with one attached hydrogen (secondary N) is 2. The Morgan fingerprint density at radius 1 is 1.26 bits per heavy atom. The molecule has 2 atom stereocenters. The summed E-state index contributed by atoms with van der Waals surface area (Å²) < 4.78 is 12.1. The van der Waals surface area contributed by atoms with Gasteiger partial charge in [0.1, 0.15) is 12.4 Å². The number of benzene rings is 1. The van der Waals surface area contributed by atoms with Crippen LogP contribution < -0.4 is 20.1 Å². The van der Waals surface area contributed by atoms with Crippen LogP contribution in [0.2, 0.25) is 0 Å². The molecule has 0 saturated carbocycles. The molecule has 6 nitrogen and oxygen atoms in total. The van der Waals surface area contributed by atoms with Crippen molar-refractivity contribution in [3.8, 4) is 11.5 Å². The molecule has 0 aliphatic carbocycles. The van der Waals surface area contributed by atoms with Crippen LogP contribution in [0.3, 0.4) is 0 Å². The third kappa shape index (κ3) is 6.54. The fourth-order valence-electron chi connectivity index (χ4n) is 3.47. The van der Waals surface area contributed by atoms with Crippen LogP contribution in [0.1, 0.15) is 47.5 Å². The first kappa shape index (κ1) is 24.4. The number of ether oxygens (including phenoxy) is 2. The van der Waals surface area contributed by atoms with Gasteiger partial charge in [-0.05, 0) is 44.1 Å². The normalized spacial score (nSPS) is 20.1. The molecule has 3 rings (SSSR count). The first-order valence-corrected chi connectivity index (χ1v) is 11.3. The number of para-hydroxylation sites is 2. The Balaban J connectivity index is 0.00000166. The van der Waals surface area contributed by atoms with E-state index in [1.807, 2.05) is 51.1 Å². The van der Waals surface area contributed by atoms with Gasteiger partial charge in [-0.2, -0.15) is 0 Å². The summed E-state index contributed by atoms with van der Waals surface area (Å²) in [7, 11) is 2.05. The van der Waals surface area contributed by atoms with Gasteiger partial charge >= 0.3 is 0 Å². The van der Waals surface area contributed by atoms with Crippen LogP contribution in [-0.2, 0) is 0 Å². The summed E-state index contributed by atoms with van der Waals surface area (Å²) in [5, 5.41) is 6.70. The summed E-state index contributed by atoms with van der Waals surface area (Å²) in [6.07, 6.45) is 5.68. The van der Waals surface area contributed by atoms with Gasteiger partial charge in [-0.25, -0.2) is 4.99 Å². The van der Waals surface area contributed by atoms with Crippen LogP contribution >= 0.6 is 0 Å². The zero-order chi connectivity index (χ0) is 22.8. The van der Waals surface area contributed by atoms with Crippen LogP contribution in [0.15, 0.2) is 65.1 Å². The van der Waals surface area contributed by atoms with Crippen LogP contribution in [0.25, 0.3) is 0 Å². The molecule has 0 bridgehead atoms. The second kappa shape index (κ2) is 12.1. The summed E-state index contributed by atoms with van der Waals surface area (Å²) in [6.45, 7) is 15.9. The number of allylic oxidation sites excluding steroid dienone is 3. The van der Waals surface area contributed by atoms with Crippen molar-refractivity contribution in [2.75, 3.05) is 20.2 Å². The van der Waals surface area contributed by atoms with Crippen molar-refractivity contribution in [2.45, 2.75) is 59.7 Å². The Morgan fingerprint density at radius 2 is 1.97 bits per heavy atom. The van der Waals surface area contributed by atoms with Gasteiger partial charge < -0.3 is 25.0 Å². The third-order valence-corrected chi connectivity index (χ3v) is 4.98. The van der Waals surface area contributed by atoms with E-state index in [9.17, 15) is 0 Å². The minimum absolute atomic E-state index is 0.179. The van der Waals surface area contributed by atoms with Crippen molar-refractivity contribution < 1.29 is 9.47 Å². The lowest BCUT2D eigenvalue weighted by atomic mass is 10.1. The molecular weight excluding hydrogens is 388 g/mol. The van der Waals surface area contributed by atoms with E-state index in [1.165, 1.54) is 5.70 Å². The molecule has 2 aliphatic heterocycles. The number of rotatable bonds is 7. The van der Waals surface area contributed by atoms with E-state index in [2.05, 4.69) is 49.1 Å². The van der Waals surface area contributed by atoms with Crippen LogP contribution in [-0.4, -0.2) is 43.2 Å². The van der Waals surface area contributed by atoms with Gasteiger partial charge in [0, 0.05) is 30.7 Å². The lowest BCUT2D eigenvalue weighted by molar-refractivity contribution is 0.0340. The molecule has 1 aromatic carbocycles. The van der Waals surface area contributed by atoms with Crippen molar-refractivity contribution in [3.05, 3.63) is 60.1 Å². The topological polar surface area (TPSA) is 58.1 Å². The molecular formula is C25H38N4O2. The third-order valence-electron chi connectivity index (χ3n) is 4.98. The molecule has 170 valence electrons. The highest BCUT2D eigenvalue weighted by Gasteiger charge is 2.34. The number of likely N-dealkylation sites (N-methyl/N-ethyl adjacent to an activating group) is 1. The van der Waals surface area contributed by atoms with E-state index >= 15 is 0 Å². The van der Waals surface area contributed by atoms with Gasteiger partial charge in [0.05, 0.1) is 0 Å². The Kier molecular flexibility index (Phi) is 9.50. The second-order valence-electron chi connectivity index (χ2n) is 7.35. The zero-order valence-corrected chi connectivity index (χ0v) is 19.9. The Hall–Kier alpha value is -2.89. The van der Waals surface area contributed by atoms with Gasteiger partial charge in [-0.1, -0.05) is 46.4 Å². The van der Waals surface area contributed by atoms with Gasteiger partial charge in [0.15, 0.2) is 23.8 Å². The molecule has 0 radical (unpaired) electrons. The first-order valence-electron chi connectivity index (χ1n) is 11.3. The molecule has 0 amide bonds. The maximum atomic E-state index is 6.22. The van der Waals surface area contributed by atoms with E-state index in [0.717, 1.165) is 48.1 Å². The van der Waals surface area contributed by atoms with Gasteiger partial charge in [-0.15, -0.1) is 0 Å². The molecule has 0 spiro atoms. The number of fused-ring (bicyclic) bond motifs is 1. The number of hydrogen-bond donors (Lipinski definition) is 2. The maximum Gasteiger partial charge on any atom is 0.173 e. The maximum absolute atomic E-state index is 6.22. The molecule has 6 heteroatoms. The molecule has 2 aliphatic rings. The van der Waals surface area contributed by atoms with E-state index in [0.29, 0.717) is 6.61 Å². The Bertz CT molecular complexity index is 829. The fraction of sp³-hybridized carbons (Fsp3) is 0.480. The van der Waals surface area contributed by atoms with Crippen molar-refractivity contribution in [1.82, 2.24) is 15.5 Å². The average molecular weight is 427 g/mol. The highest BCUT2D eigenvalue weighted by atomic mass is 16.6. The lowest BCUT2D eigenvalue weighted by Crippen LogP contribution is -2.49. The van der Waals surface area contributed by atoms with E-state index in [-0.39, 0.29) is 12.3 Å². The summed E-state index contributed by atoms with van der Waals surface area (Å²) in [6, 6.07) is 7.76. The lowest BCUT2D eigenvalue weighted by Gasteiger charge is -2.39. The smallest absolute Gasteiger partial charge is 0.173 e. The van der Waals surface area contributed by atoms with Crippen molar-refractivity contribution in [3.63, 3.8) is 0 Å². The highest BCUT2D eigenvalue weighted by Crippen LogP contribution is 2.33. The average Bonchev–Trinajstić information content (AvgIpc) is 2.79. The zero-order valence-electron chi connectivity index (χ0n) is 19.9. The van der Waals surface area contributed by atoms with Gasteiger partial charge in [0.25, 0.3) is 0 Å². The molecule has 2 heterocycles. The summed E-state index contributed by atoms with van der Waals surface area (Å²) in [4.78, 5) is 7.07. The van der Waals surface area contributed by atoms with Crippen LogP contribution in [0.5, 0.6) is 11.5 Å². The molecule has 0 fully saturated rings. The quantitative estimate of drug-likeness (QED) is 0.612. The summed E-state index contributed by atoms with van der Waals surface area (Å²) in [5.41, 5.74) is 3.06. The minimum atomic E-state index is -0.196. The van der Waals surface area contributed by atoms with E-state index in [4.69, 9.17) is 14.5 Å². The minimum Gasteiger partial charge on any atom is -0.486 e. The molecule has 0 aromatic heterocycles. The number of nitrogens with zero attached hydrogens (tertiary/aromatic N) is 2. The molecule has 2 unspecified atom stereocenters. The summed E-state index contributed by atoms with van der Waals surface area (Å²) >= 11 is 0. The molecule has 31 heavy (non-hydrogen) atoms. The number of aliphatic imine (C=N–C) groups is 1. The monoisotopic (exact) mass is 426 g/mol. The fourth-order valence-corrected chi connectivity index (χ4v) is 3.47. The van der Waals surface area contributed by atoms with Crippen molar-refractivity contribution >= 4 is 5.84 Å². The highest BCUT2D eigenvalue weighted by molar-refractivity contribution is 5.95. The Labute approximate surface area is 187 Å². The van der Waals surface area contributed by atoms with Crippen LogP contribution in [0.4, 0.5) is 0 Å². The number of amidine groups is 1. The Morgan fingerprint density at radius 3 is 2.65 bits per heavy atom. The second-order valence-corrected chi connectivity index (χ2v) is 7.35. The largest absolute Gasteiger partial charge is 0.486 e. The molecule has 1 aromatic rings. The molecule has 2 N–H and O–H groups in total. The standard InChI is InChI=1S/C23H32N4O2.C2H6/c1-6-12-24-16(3)13-17(4)25-22-14-18(7-2)27(5)23(26-22)21-15-28-19-10-8-9-11-20(19)29-21;1-2/h8-11,13-14,21,23-24H,4,6-7,12,15H2,1-3,5H3,(H,25,26);1-2H3/b16-13-;. The van der Waals surface area contributed by atoms with E-state index < -0.39 is 0 Å². The van der Waals surface area contributed by atoms with Gasteiger partial charge in [-0.3, -0.25) is 0 Å². The van der Waals surface area contributed by atoms with Crippen LogP contribution in [0, 0.1) is 0 Å². The predicted molar refractivity (Wildman–Crippen MR) is 129 cm³/mol. The first-order chi connectivity index (χ1) is 15.0. The molecule has 0 saturated heterocycles. The predicted octanol–water partition coefficient (Wildman–Crippen LogP) is 4.82.